The first-order valence-corrected chi connectivity index (χ1v) is 8.43. The lowest BCUT2D eigenvalue weighted by molar-refractivity contribution is -0.115. The second kappa shape index (κ2) is 7.98. The van der Waals surface area contributed by atoms with Crippen molar-refractivity contribution in [1.82, 2.24) is 10.3 Å². The topological polar surface area (TPSA) is 68.3 Å². The summed E-state index contributed by atoms with van der Waals surface area (Å²) < 4.78 is 37.9. The molecule has 0 aliphatic carbocycles. The summed E-state index contributed by atoms with van der Waals surface area (Å²) in [5, 5.41) is 1.73. The maximum absolute atomic E-state index is 11.6. The molecule has 128 valence electrons. The van der Waals surface area contributed by atoms with Crippen LogP contribution in [0, 0.1) is 0 Å². The molecule has 6 heteroatoms. The SMILES string of the molecule is [2H]C([2H])(Oc1ccc(C=C2SC(=O)NC2=O)cc1)C([2H])([2H])c1ccc(CC)cn1. The van der Waals surface area contributed by atoms with Gasteiger partial charge in [-0.05, 0) is 53.6 Å². The summed E-state index contributed by atoms with van der Waals surface area (Å²) in [6, 6.07) is 9.26. The van der Waals surface area contributed by atoms with E-state index >= 15 is 0 Å². The van der Waals surface area contributed by atoms with E-state index in [1.54, 1.807) is 18.2 Å². The summed E-state index contributed by atoms with van der Waals surface area (Å²) in [6.07, 6.45) is 1.31. The zero-order valence-electron chi connectivity index (χ0n) is 17.4. The highest BCUT2D eigenvalue weighted by atomic mass is 32.2. The largest absolute Gasteiger partial charge is 0.493 e. The molecule has 1 saturated heterocycles. The maximum Gasteiger partial charge on any atom is 0.290 e. The Labute approximate surface area is 156 Å². The predicted octanol–water partition coefficient (Wildman–Crippen LogP) is 3.59. The molecule has 2 amide bonds. The van der Waals surface area contributed by atoms with Crippen LogP contribution in [0.25, 0.3) is 6.08 Å². The average molecular weight is 358 g/mol. The number of nitrogens with one attached hydrogen (secondary N) is 1. The van der Waals surface area contributed by atoms with E-state index in [1.807, 2.05) is 6.92 Å². The third-order valence-corrected chi connectivity index (χ3v) is 4.21. The highest BCUT2D eigenvalue weighted by molar-refractivity contribution is 8.18. The maximum atomic E-state index is 11.6. The number of thioether (sulfide) groups is 1. The number of nitrogens with zero attached hydrogens (tertiary/aromatic N) is 1. The van der Waals surface area contributed by atoms with Gasteiger partial charge >= 0.3 is 0 Å². The lowest BCUT2D eigenvalue weighted by Gasteiger charge is -2.07. The molecule has 1 aromatic carbocycles. The van der Waals surface area contributed by atoms with Gasteiger partial charge in [-0.3, -0.25) is 19.9 Å². The van der Waals surface area contributed by atoms with Crippen molar-refractivity contribution in [1.29, 1.82) is 0 Å². The van der Waals surface area contributed by atoms with Gasteiger partial charge in [-0.1, -0.05) is 25.1 Å². The van der Waals surface area contributed by atoms with Crippen molar-refractivity contribution in [2.75, 3.05) is 6.56 Å². The number of pyridine rings is 1. The fourth-order valence-corrected chi connectivity index (χ4v) is 2.73. The van der Waals surface area contributed by atoms with Crippen LogP contribution >= 0.6 is 11.8 Å². The standard InChI is InChI=1S/C19H18N2O3S/c1-2-13-3-6-15(20-12-13)9-10-24-16-7-4-14(5-8-16)11-17-18(22)21-19(23)25-17/h3-8,11-12H,2,9-10H2,1H3,(H,21,22,23)/i9D2,10D2. The minimum absolute atomic E-state index is 0.0602. The van der Waals surface area contributed by atoms with Crippen LogP contribution in [-0.4, -0.2) is 22.7 Å². The molecule has 2 heterocycles. The van der Waals surface area contributed by atoms with E-state index in [-0.39, 0.29) is 16.3 Å². The summed E-state index contributed by atoms with van der Waals surface area (Å²) in [6.45, 7) is -0.732. The molecule has 0 spiro atoms. The Morgan fingerprint density at radius 3 is 2.64 bits per heavy atom. The summed E-state index contributed by atoms with van der Waals surface area (Å²) in [5.74, 6) is -0.350. The zero-order chi connectivity index (χ0) is 21.2. The molecule has 25 heavy (non-hydrogen) atoms. The summed E-state index contributed by atoms with van der Waals surface area (Å²) in [5.41, 5.74) is 1.48. The van der Waals surface area contributed by atoms with Gasteiger partial charge in [0.15, 0.2) is 0 Å². The van der Waals surface area contributed by atoms with E-state index in [4.69, 9.17) is 10.2 Å². The van der Waals surface area contributed by atoms with Crippen LogP contribution in [0.1, 0.15) is 29.2 Å². The molecule has 1 fully saturated rings. The Bertz CT molecular complexity index is 960. The van der Waals surface area contributed by atoms with E-state index in [9.17, 15) is 9.59 Å². The monoisotopic (exact) mass is 358 g/mol. The normalized spacial score (nSPS) is 19.0. The van der Waals surface area contributed by atoms with Crippen LogP contribution in [0.2, 0.25) is 0 Å². The molecule has 1 aromatic heterocycles. The van der Waals surface area contributed by atoms with Gasteiger partial charge in [0.1, 0.15) is 5.75 Å². The number of ether oxygens (including phenoxy) is 1. The number of benzene rings is 1. The molecule has 0 atom stereocenters. The number of aromatic nitrogens is 1. The van der Waals surface area contributed by atoms with E-state index in [1.165, 1.54) is 30.5 Å². The van der Waals surface area contributed by atoms with Gasteiger partial charge in [-0.2, -0.15) is 0 Å². The second-order valence-electron chi connectivity index (χ2n) is 5.16. The van der Waals surface area contributed by atoms with E-state index < -0.39 is 24.1 Å². The fraction of sp³-hybridized carbons (Fsp3) is 0.211. The van der Waals surface area contributed by atoms with Crippen LogP contribution in [-0.2, 0) is 17.6 Å². The molecule has 1 N–H and O–H groups in total. The summed E-state index contributed by atoms with van der Waals surface area (Å²) >= 11 is 0.800. The molecule has 3 rings (SSSR count). The van der Waals surface area contributed by atoms with Crippen molar-refractivity contribution in [3.8, 4) is 5.75 Å². The highest BCUT2D eigenvalue weighted by Gasteiger charge is 2.24. The molecule has 2 aromatic rings. The van der Waals surface area contributed by atoms with Gasteiger partial charge in [0.2, 0.25) is 0 Å². The number of carbonyl (C=O) groups excluding carboxylic acids is 2. The quantitative estimate of drug-likeness (QED) is 0.799. The van der Waals surface area contributed by atoms with Gasteiger partial charge < -0.3 is 4.74 Å². The third-order valence-electron chi connectivity index (χ3n) is 3.40. The number of amides is 2. The molecule has 0 saturated carbocycles. The second-order valence-corrected chi connectivity index (χ2v) is 6.17. The lowest BCUT2D eigenvalue weighted by atomic mass is 10.2. The molecule has 0 radical (unpaired) electrons. The first kappa shape index (κ1) is 12.7. The number of hydrogen-bond donors (Lipinski definition) is 1. The van der Waals surface area contributed by atoms with Crippen molar-refractivity contribution >= 4 is 29.0 Å². The number of imide groups is 1. The van der Waals surface area contributed by atoms with E-state index in [2.05, 4.69) is 10.3 Å². The number of carbonyl (C=O) groups is 2. The molecule has 0 unspecified atom stereocenters. The predicted molar refractivity (Wildman–Crippen MR) is 98.4 cm³/mol. The van der Waals surface area contributed by atoms with Gasteiger partial charge in [0.05, 0.1) is 14.2 Å². The molecule has 1 aliphatic heterocycles. The Morgan fingerprint density at radius 1 is 1.24 bits per heavy atom. The van der Waals surface area contributed by atoms with Crippen LogP contribution < -0.4 is 10.1 Å². The Kier molecular flexibility index (Phi) is 4.06. The minimum Gasteiger partial charge on any atom is -0.493 e. The number of hydrogen-bond acceptors (Lipinski definition) is 5. The van der Waals surface area contributed by atoms with Gasteiger partial charge in [0.25, 0.3) is 11.1 Å². The van der Waals surface area contributed by atoms with E-state index in [0.29, 0.717) is 5.56 Å². The van der Waals surface area contributed by atoms with E-state index in [0.717, 1.165) is 23.7 Å². The van der Waals surface area contributed by atoms with Crippen molar-refractivity contribution in [3.05, 3.63) is 64.3 Å². The Balaban J connectivity index is 1.76. The molecule has 5 nitrogen and oxygen atoms in total. The van der Waals surface area contributed by atoms with Crippen molar-refractivity contribution in [2.45, 2.75) is 19.7 Å². The summed E-state index contributed by atoms with van der Waals surface area (Å²) in [7, 11) is 0. The van der Waals surface area contributed by atoms with Crippen LogP contribution in [0.15, 0.2) is 47.5 Å². The van der Waals surface area contributed by atoms with Gasteiger partial charge in [-0.15, -0.1) is 0 Å². The van der Waals surface area contributed by atoms with Crippen molar-refractivity contribution < 1.29 is 19.8 Å². The molecule has 0 bridgehead atoms. The first-order valence-electron chi connectivity index (χ1n) is 9.62. The smallest absolute Gasteiger partial charge is 0.290 e. The van der Waals surface area contributed by atoms with Gasteiger partial charge in [0, 0.05) is 21.0 Å². The van der Waals surface area contributed by atoms with Crippen LogP contribution in [0.4, 0.5) is 4.79 Å². The highest BCUT2D eigenvalue weighted by Crippen LogP contribution is 2.26. The lowest BCUT2D eigenvalue weighted by Crippen LogP contribution is -2.17. The number of rotatable bonds is 6. The molecular weight excluding hydrogens is 336 g/mol. The Morgan fingerprint density at radius 2 is 2.04 bits per heavy atom. The third kappa shape index (κ3) is 4.70. The number of aryl methyl sites for hydroxylation is 2. The minimum atomic E-state index is -2.68. The van der Waals surface area contributed by atoms with Crippen LogP contribution in [0.3, 0.4) is 0 Å². The van der Waals surface area contributed by atoms with Gasteiger partial charge in [-0.25, -0.2) is 0 Å². The molecule has 1 aliphatic rings. The average Bonchev–Trinajstić information content (AvgIpc) is 3.00. The summed E-state index contributed by atoms with van der Waals surface area (Å²) in [4.78, 5) is 27.1. The van der Waals surface area contributed by atoms with Crippen molar-refractivity contribution in [2.24, 2.45) is 0 Å². The molecular formula is C19H18N2O3S. The fourth-order valence-electron chi connectivity index (χ4n) is 2.05. The van der Waals surface area contributed by atoms with Crippen molar-refractivity contribution in [3.63, 3.8) is 0 Å². The first-order chi connectivity index (χ1) is 13.6. The van der Waals surface area contributed by atoms with Crippen LogP contribution in [0.5, 0.6) is 5.75 Å². The Hall–Kier alpha value is -2.60. The zero-order valence-corrected chi connectivity index (χ0v) is 14.2.